The zero-order chi connectivity index (χ0) is 19.3. The zero-order valence-corrected chi connectivity index (χ0v) is 15.8. The molecule has 1 heterocycles. The molecule has 1 amide bonds. The summed E-state index contributed by atoms with van der Waals surface area (Å²) in [4.78, 5) is 12.7. The minimum atomic E-state index is -0.0936. The molecule has 0 saturated carbocycles. The van der Waals surface area contributed by atoms with E-state index in [9.17, 15) is 4.79 Å². The minimum Gasteiger partial charge on any atom is -0.457 e. The molecule has 0 radical (unpaired) electrons. The lowest BCUT2D eigenvalue weighted by Gasteiger charge is -2.08. The van der Waals surface area contributed by atoms with Gasteiger partial charge < -0.3 is 14.5 Å². The van der Waals surface area contributed by atoms with Crippen LogP contribution in [0.3, 0.4) is 0 Å². The van der Waals surface area contributed by atoms with E-state index in [1.165, 1.54) is 0 Å². The molecule has 4 aromatic rings. The van der Waals surface area contributed by atoms with E-state index in [1.54, 1.807) is 0 Å². The van der Waals surface area contributed by atoms with Gasteiger partial charge in [-0.15, -0.1) is 0 Å². The van der Waals surface area contributed by atoms with Crippen LogP contribution in [0.1, 0.15) is 6.42 Å². The first kappa shape index (κ1) is 18.0. The third-order valence-electron chi connectivity index (χ3n) is 4.25. The Morgan fingerprint density at radius 2 is 1.61 bits per heavy atom. The Labute approximate surface area is 167 Å². The van der Waals surface area contributed by atoms with Crippen molar-refractivity contribution in [2.75, 3.05) is 5.32 Å². The van der Waals surface area contributed by atoms with Crippen LogP contribution in [-0.2, 0) is 11.3 Å². The first-order valence-electron chi connectivity index (χ1n) is 8.90. The van der Waals surface area contributed by atoms with Crippen molar-refractivity contribution in [2.45, 2.75) is 13.0 Å². The highest BCUT2D eigenvalue weighted by molar-refractivity contribution is 7.71. The summed E-state index contributed by atoms with van der Waals surface area (Å²) in [6.45, 7) is 0.455. The molecule has 5 nitrogen and oxygen atoms in total. The van der Waals surface area contributed by atoms with E-state index < -0.39 is 0 Å². The number of fused-ring (bicyclic) bond motifs is 1. The van der Waals surface area contributed by atoms with Gasteiger partial charge in [0.25, 0.3) is 4.84 Å². The van der Waals surface area contributed by atoms with Crippen LogP contribution >= 0.6 is 12.2 Å². The number of para-hydroxylation sites is 3. The number of hydrogen-bond donors (Lipinski definition) is 1. The van der Waals surface area contributed by atoms with Crippen LogP contribution in [0, 0.1) is 4.84 Å². The fraction of sp³-hybridized carbons (Fsp3) is 0.0909. The van der Waals surface area contributed by atoms with Gasteiger partial charge in [0, 0.05) is 18.7 Å². The number of hydrogen-bond acceptors (Lipinski definition) is 4. The number of aryl methyl sites for hydroxylation is 1. The lowest BCUT2D eigenvalue weighted by atomic mass is 10.2. The third-order valence-corrected chi connectivity index (χ3v) is 4.56. The summed E-state index contributed by atoms with van der Waals surface area (Å²) < 4.78 is 13.1. The minimum absolute atomic E-state index is 0.0936. The molecule has 3 aromatic carbocycles. The maximum atomic E-state index is 12.3. The van der Waals surface area contributed by atoms with Crippen molar-refractivity contribution in [3.05, 3.63) is 83.7 Å². The number of benzene rings is 3. The number of carbonyl (C=O) groups is 1. The third kappa shape index (κ3) is 4.13. The molecule has 0 aliphatic carbocycles. The van der Waals surface area contributed by atoms with Gasteiger partial charge in [-0.3, -0.25) is 9.36 Å². The van der Waals surface area contributed by atoms with E-state index in [2.05, 4.69) is 5.32 Å². The highest BCUT2D eigenvalue weighted by Gasteiger charge is 2.09. The van der Waals surface area contributed by atoms with E-state index in [4.69, 9.17) is 21.4 Å². The summed E-state index contributed by atoms with van der Waals surface area (Å²) in [6, 6.07) is 24.4. The number of carbonyl (C=O) groups excluding carboxylic acids is 1. The van der Waals surface area contributed by atoms with E-state index in [0.29, 0.717) is 29.2 Å². The summed E-state index contributed by atoms with van der Waals surface area (Å²) in [5, 5.41) is 2.89. The molecular weight excluding hydrogens is 372 g/mol. The SMILES string of the molecule is O=C(CCn1c(=S)oc2ccccc21)Nc1ccc(Oc2ccccc2)cc1. The molecule has 6 heteroatoms. The van der Waals surface area contributed by atoms with E-state index in [0.717, 1.165) is 16.8 Å². The predicted molar refractivity (Wildman–Crippen MR) is 111 cm³/mol. The second-order valence-electron chi connectivity index (χ2n) is 6.23. The number of amides is 1. The molecule has 0 spiro atoms. The van der Waals surface area contributed by atoms with Gasteiger partial charge in [-0.25, -0.2) is 0 Å². The number of anilines is 1. The van der Waals surface area contributed by atoms with Gasteiger partial charge in [0.1, 0.15) is 11.5 Å². The lowest BCUT2D eigenvalue weighted by molar-refractivity contribution is -0.116. The van der Waals surface area contributed by atoms with Crippen molar-refractivity contribution < 1.29 is 13.9 Å². The molecule has 1 aromatic heterocycles. The van der Waals surface area contributed by atoms with Gasteiger partial charge in [0.2, 0.25) is 5.91 Å². The Bertz CT molecular complexity index is 1150. The van der Waals surface area contributed by atoms with Gasteiger partial charge in [-0.2, -0.15) is 0 Å². The summed E-state index contributed by atoms with van der Waals surface area (Å²) in [5.41, 5.74) is 2.33. The summed E-state index contributed by atoms with van der Waals surface area (Å²) >= 11 is 5.25. The van der Waals surface area contributed by atoms with Crippen LogP contribution < -0.4 is 10.1 Å². The van der Waals surface area contributed by atoms with Gasteiger partial charge in [-0.05, 0) is 60.7 Å². The fourth-order valence-corrected chi connectivity index (χ4v) is 3.17. The van der Waals surface area contributed by atoms with Crippen LogP contribution in [0.4, 0.5) is 5.69 Å². The highest BCUT2D eigenvalue weighted by atomic mass is 32.1. The van der Waals surface area contributed by atoms with E-state index in [-0.39, 0.29) is 5.91 Å². The maximum absolute atomic E-state index is 12.3. The summed E-state index contributed by atoms with van der Waals surface area (Å²) in [6.07, 6.45) is 0.292. The fourth-order valence-electron chi connectivity index (χ4n) is 2.89. The number of nitrogens with one attached hydrogen (secondary N) is 1. The number of oxazole rings is 1. The van der Waals surface area contributed by atoms with Crippen LogP contribution in [0.25, 0.3) is 11.1 Å². The largest absolute Gasteiger partial charge is 0.457 e. The number of ether oxygens (including phenoxy) is 1. The monoisotopic (exact) mass is 390 g/mol. The number of rotatable bonds is 6. The van der Waals surface area contributed by atoms with Crippen LogP contribution in [-0.4, -0.2) is 10.5 Å². The van der Waals surface area contributed by atoms with Crippen molar-refractivity contribution in [3.8, 4) is 11.5 Å². The van der Waals surface area contributed by atoms with Crippen molar-refractivity contribution in [2.24, 2.45) is 0 Å². The average molecular weight is 390 g/mol. The highest BCUT2D eigenvalue weighted by Crippen LogP contribution is 2.23. The second-order valence-corrected chi connectivity index (χ2v) is 6.57. The summed E-state index contributed by atoms with van der Waals surface area (Å²) in [5.74, 6) is 1.38. The Morgan fingerprint density at radius 1 is 0.929 bits per heavy atom. The summed E-state index contributed by atoms with van der Waals surface area (Å²) in [7, 11) is 0. The van der Waals surface area contributed by atoms with E-state index in [1.807, 2.05) is 83.4 Å². The second kappa shape index (κ2) is 8.10. The molecule has 0 fully saturated rings. The molecule has 0 unspecified atom stereocenters. The van der Waals surface area contributed by atoms with E-state index >= 15 is 0 Å². The number of aromatic nitrogens is 1. The molecule has 0 atom stereocenters. The molecule has 0 aliphatic heterocycles. The number of nitrogens with zero attached hydrogens (tertiary/aromatic N) is 1. The maximum Gasteiger partial charge on any atom is 0.269 e. The normalized spacial score (nSPS) is 10.7. The Kier molecular flexibility index (Phi) is 5.21. The van der Waals surface area contributed by atoms with Gasteiger partial charge in [0.05, 0.1) is 5.52 Å². The molecule has 0 bridgehead atoms. The standard InChI is InChI=1S/C22H18N2O3S/c25-21(14-15-24-19-8-4-5-9-20(19)27-22(24)28)23-16-10-12-18(13-11-16)26-17-6-2-1-3-7-17/h1-13H,14-15H2,(H,23,25). The van der Waals surface area contributed by atoms with Crippen LogP contribution in [0.5, 0.6) is 11.5 Å². The Balaban J connectivity index is 1.36. The average Bonchev–Trinajstić information content (AvgIpc) is 3.04. The smallest absolute Gasteiger partial charge is 0.269 e. The van der Waals surface area contributed by atoms with Crippen molar-refractivity contribution in [3.63, 3.8) is 0 Å². The van der Waals surface area contributed by atoms with Crippen molar-refractivity contribution >= 4 is 34.9 Å². The Morgan fingerprint density at radius 3 is 2.39 bits per heavy atom. The van der Waals surface area contributed by atoms with Crippen LogP contribution in [0.2, 0.25) is 0 Å². The van der Waals surface area contributed by atoms with Crippen molar-refractivity contribution in [1.82, 2.24) is 4.57 Å². The lowest BCUT2D eigenvalue weighted by Crippen LogP contribution is -2.14. The first-order chi connectivity index (χ1) is 13.7. The molecule has 4 rings (SSSR count). The van der Waals surface area contributed by atoms with Crippen LogP contribution in [0.15, 0.2) is 83.3 Å². The molecule has 28 heavy (non-hydrogen) atoms. The molecule has 140 valence electrons. The first-order valence-corrected chi connectivity index (χ1v) is 9.31. The van der Waals surface area contributed by atoms with Gasteiger partial charge in [0.15, 0.2) is 5.58 Å². The van der Waals surface area contributed by atoms with Gasteiger partial charge >= 0.3 is 0 Å². The van der Waals surface area contributed by atoms with Gasteiger partial charge in [-0.1, -0.05) is 30.3 Å². The molecule has 0 aliphatic rings. The zero-order valence-electron chi connectivity index (χ0n) is 15.0. The predicted octanol–water partition coefficient (Wildman–Crippen LogP) is 5.78. The Hall–Kier alpha value is -3.38. The van der Waals surface area contributed by atoms with Crippen molar-refractivity contribution in [1.29, 1.82) is 0 Å². The quantitative estimate of drug-likeness (QED) is 0.424. The molecule has 1 N–H and O–H groups in total. The molecular formula is C22H18N2O3S. The topological polar surface area (TPSA) is 56.4 Å². The molecule has 0 saturated heterocycles.